The summed E-state index contributed by atoms with van der Waals surface area (Å²) in [7, 11) is 0. The molecule has 4 atom stereocenters. The van der Waals surface area contributed by atoms with Gasteiger partial charge in [-0.3, -0.25) is 4.79 Å². The first-order chi connectivity index (χ1) is 9.26. The SMILES string of the molecule is CCCOC(=O)C1(C2CC3C=CC2C3)C=CC=CC1. The fourth-order valence-electron chi connectivity index (χ4n) is 3.92. The van der Waals surface area contributed by atoms with Gasteiger partial charge in [0.25, 0.3) is 0 Å². The van der Waals surface area contributed by atoms with Crippen molar-refractivity contribution in [1.82, 2.24) is 0 Å². The summed E-state index contributed by atoms with van der Waals surface area (Å²) in [5.74, 6) is 1.66. The molecule has 3 rings (SSSR count). The van der Waals surface area contributed by atoms with E-state index in [9.17, 15) is 4.79 Å². The smallest absolute Gasteiger partial charge is 0.316 e. The van der Waals surface area contributed by atoms with Crippen LogP contribution in [0.3, 0.4) is 0 Å². The Morgan fingerprint density at radius 2 is 2.21 bits per heavy atom. The molecular formula is C17H22O2. The van der Waals surface area contributed by atoms with Gasteiger partial charge in [-0.25, -0.2) is 0 Å². The van der Waals surface area contributed by atoms with E-state index < -0.39 is 5.41 Å². The molecule has 0 aromatic heterocycles. The van der Waals surface area contributed by atoms with Gasteiger partial charge in [-0.05, 0) is 43.4 Å². The summed E-state index contributed by atoms with van der Waals surface area (Å²) >= 11 is 0. The molecule has 0 saturated heterocycles. The summed E-state index contributed by atoms with van der Waals surface area (Å²) in [5.41, 5.74) is -0.409. The number of rotatable bonds is 4. The molecule has 2 nitrogen and oxygen atoms in total. The molecule has 19 heavy (non-hydrogen) atoms. The number of allylic oxidation sites excluding steroid dienone is 5. The van der Waals surface area contributed by atoms with Crippen molar-refractivity contribution in [3.63, 3.8) is 0 Å². The van der Waals surface area contributed by atoms with Crippen LogP contribution in [-0.2, 0) is 9.53 Å². The van der Waals surface area contributed by atoms with Gasteiger partial charge in [0, 0.05) is 0 Å². The minimum absolute atomic E-state index is 0.0131. The molecule has 0 aromatic rings. The van der Waals surface area contributed by atoms with Crippen molar-refractivity contribution in [2.45, 2.75) is 32.6 Å². The molecule has 3 aliphatic carbocycles. The van der Waals surface area contributed by atoms with Crippen molar-refractivity contribution in [2.24, 2.45) is 23.2 Å². The highest BCUT2D eigenvalue weighted by molar-refractivity contribution is 5.80. The highest BCUT2D eigenvalue weighted by atomic mass is 16.5. The molecule has 0 heterocycles. The Morgan fingerprint density at radius 3 is 2.79 bits per heavy atom. The number of hydrogen-bond acceptors (Lipinski definition) is 2. The lowest BCUT2D eigenvalue weighted by Gasteiger charge is -2.38. The maximum atomic E-state index is 12.6. The zero-order valence-electron chi connectivity index (χ0n) is 11.5. The molecule has 0 amide bonds. The molecular weight excluding hydrogens is 236 g/mol. The molecule has 0 aliphatic heterocycles. The first kappa shape index (κ1) is 12.7. The van der Waals surface area contributed by atoms with Crippen LogP contribution in [0.25, 0.3) is 0 Å². The van der Waals surface area contributed by atoms with Gasteiger partial charge in [-0.15, -0.1) is 0 Å². The van der Waals surface area contributed by atoms with Crippen LogP contribution in [0.1, 0.15) is 32.6 Å². The minimum Gasteiger partial charge on any atom is -0.465 e. The molecule has 0 N–H and O–H groups in total. The number of hydrogen-bond donors (Lipinski definition) is 0. The fraction of sp³-hybridized carbons (Fsp3) is 0.588. The van der Waals surface area contributed by atoms with Crippen molar-refractivity contribution >= 4 is 5.97 Å². The predicted molar refractivity (Wildman–Crippen MR) is 75.4 cm³/mol. The van der Waals surface area contributed by atoms with E-state index in [0.29, 0.717) is 24.4 Å². The van der Waals surface area contributed by atoms with E-state index in [1.165, 1.54) is 6.42 Å². The topological polar surface area (TPSA) is 26.3 Å². The van der Waals surface area contributed by atoms with Crippen molar-refractivity contribution in [3.8, 4) is 0 Å². The lowest BCUT2D eigenvalue weighted by Crippen LogP contribution is -2.41. The maximum absolute atomic E-state index is 12.6. The van der Waals surface area contributed by atoms with E-state index in [2.05, 4.69) is 24.3 Å². The normalized spacial score (nSPS) is 38.9. The number of ether oxygens (including phenoxy) is 1. The van der Waals surface area contributed by atoms with Crippen LogP contribution in [0, 0.1) is 23.2 Å². The second kappa shape index (κ2) is 4.99. The van der Waals surface area contributed by atoms with Gasteiger partial charge in [0.2, 0.25) is 0 Å². The quantitative estimate of drug-likeness (QED) is 0.568. The highest BCUT2D eigenvalue weighted by Crippen LogP contribution is 2.54. The zero-order chi connectivity index (χ0) is 13.3. The average Bonchev–Trinajstić information content (AvgIpc) is 3.08. The van der Waals surface area contributed by atoms with Gasteiger partial charge in [0.15, 0.2) is 0 Å². The number of carbonyl (C=O) groups excluding carboxylic acids is 1. The highest BCUT2D eigenvalue weighted by Gasteiger charge is 2.52. The second-order valence-corrected chi connectivity index (χ2v) is 6.05. The van der Waals surface area contributed by atoms with Gasteiger partial charge in [0.1, 0.15) is 0 Å². The summed E-state index contributed by atoms with van der Waals surface area (Å²) < 4.78 is 5.51. The Kier molecular flexibility index (Phi) is 3.34. The standard InChI is InChI=1S/C17H22O2/c1-2-10-19-16(18)17(8-4-3-5-9-17)15-12-13-6-7-14(15)11-13/h3-8,13-15H,2,9-12H2,1H3. The monoisotopic (exact) mass is 258 g/mol. The van der Waals surface area contributed by atoms with Gasteiger partial charge < -0.3 is 4.74 Å². The van der Waals surface area contributed by atoms with Crippen molar-refractivity contribution in [1.29, 1.82) is 0 Å². The van der Waals surface area contributed by atoms with E-state index in [-0.39, 0.29) is 5.97 Å². The largest absolute Gasteiger partial charge is 0.465 e. The molecule has 0 aromatic carbocycles. The Bertz CT molecular complexity index is 446. The van der Waals surface area contributed by atoms with Crippen molar-refractivity contribution in [2.75, 3.05) is 6.61 Å². The van der Waals surface area contributed by atoms with Crippen molar-refractivity contribution in [3.05, 3.63) is 36.5 Å². The number of esters is 1. The van der Waals surface area contributed by atoms with Crippen molar-refractivity contribution < 1.29 is 9.53 Å². The van der Waals surface area contributed by atoms with E-state index in [1.807, 2.05) is 19.1 Å². The van der Waals surface area contributed by atoms with Gasteiger partial charge in [0.05, 0.1) is 12.0 Å². The Labute approximate surface area is 115 Å². The van der Waals surface area contributed by atoms with Crippen LogP contribution in [0.15, 0.2) is 36.5 Å². The Balaban J connectivity index is 1.85. The molecule has 4 unspecified atom stereocenters. The summed E-state index contributed by atoms with van der Waals surface area (Å²) in [6.45, 7) is 2.58. The number of carbonyl (C=O) groups is 1. The van der Waals surface area contributed by atoms with Gasteiger partial charge in [-0.2, -0.15) is 0 Å². The summed E-state index contributed by atoms with van der Waals surface area (Å²) in [6.07, 6.45) is 17.0. The third kappa shape index (κ3) is 2.07. The summed E-state index contributed by atoms with van der Waals surface area (Å²) in [5, 5.41) is 0. The van der Waals surface area contributed by atoms with Crippen LogP contribution in [0.5, 0.6) is 0 Å². The molecule has 1 fully saturated rings. The Hall–Kier alpha value is -1.31. The molecule has 0 spiro atoms. The maximum Gasteiger partial charge on any atom is 0.316 e. The molecule has 2 bridgehead atoms. The molecule has 1 saturated carbocycles. The molecule has 0 radical (unpaired) electrons. The second-order valence-electron chi connectivity index (χ2n) is 6.05. The van der Waals surface area contributed by atoms with E-state index in [0.717, 1.165) is 19.3 Å². The third-order valence-corrected chi connectivity index (χ3v) is 4.85. The molecule has 2 heteroatoms. The van der Waals surface area contributed by atoms with E-state index >= 15 is 0 Å². The molecule has 102 valence electrons. The number of fused-ring (bicyclic) bond motifs is 2. The lowest BCUT2D eigenvalue weighted by molar-refractivity contribution is -0.156. The first-order valence-electron chi connectivity index (χ1n) is 7.46. The first-order valence-corrected chi connectivity index (χ1v) is 7.46. The van der Waals surface area contributed by atoms with Crippen LogP contribution in [0.4, 0.5) is 0 Å². The van der Waals surface area contributed by atoms with E-state index in [4.69, 9.17) is 4.74 Å². The van der Waals surface area contributed by atoms with Crippen LogP contribution < -0.4 is 0 Å². The van der Waals surface area contributed by atoms with E-state index in [1.54, 1.807) is 0 Å². The summed E-state index contributed by atoms with van der Waals surface area (Å²) in [4.78, 5) is 12.6. The van der Waals surface area contributed by atoms with Crippen LogP contribution in [-0.4, -0.2) is 12.6 Å². The summed E-state index contributed by atoms with van der Waals surface area (Å²) in [6, 6.07) is 0. The Morgan fingerprint density at radius 1 is 1.32 bits per heavy atom. The van der Waals surface area contributed by atoms with Gasteiger partial charge in [-0.1, -0.05) is 43.4 Å². The van der Waals surface area contributed by atoms with Gasteiger partial charge >= 0.3 is 5.97 Å². The minimum atomic E-state index is -0.409. The third-order valence-electron chi connectivity index (χ3n) is 4.85. The van der Waals surface area contributed by atoms with Crippen LogP contribution in [0.2, 0.25) is 0 Å². The predicted octanol–water partition coefficient (Wildman–Crippen LogP) is 3.65. The van der Waals surface area contributed by atoms with Crippen LogP contribution >= 0.6 is 0 Å². The zero-order valence-corrected chi connectivity index (χ0v) is 11.5. The average molecular weight is 258 g/mol. The molecule has 3 aliphatic rings. The fourth-order valence-corrected chi connectivity index (χ4v) is 3.92. The lowest BCUT2D eigenvalue weighted by atomic mass is 9.66.